The first-order chi connectivity index (χ1) is 17.5. The van der Waals surface area contributed by atoms with Crippen LogP contribution in [-0.4, -0.2) is 68.1 Å². The molecule has 1 atom stereocenters. The molecule has 2 heterocycles. The van der Waals surface area contributed by atoms with Gasteiger partial charge in [0.25, 0.3) is 11.8 Å². The van der Waals surface area contributed by atoms with E-state index in [0.717, 1.165) is 41.6 Å². The van der Waals surface area contributed by atoms with Crippen LogP contribution in [0.5, 0.6) is 0 Å². The Hall–Kier alpha value is -2.67. The van der Waals surface area contributed by atoms with Crippen LogP contribution >= 0.6 is 22.9 Å². The summed E-state index contributed by atoms with van der Waals surface area (Å²) in [7, 11) is 1.76. The second-order valence-electron chi connectivity index (χ2n) is 8.90. The number of nitrogens with one attached hydrogen (secondary N) is 2. The summed E-state index contributed by atoms with van der Waals surface area (Å²) in [5, 5.41) is 5.30. The summed E-state index contributed by atoms with van der Waals surface area (Å²) in [6, 6.07) is 5.81. The van der Waals surface area contributed by atoms with Gasteiger partial charge in [0.1, 0.15) is 12.6 Å². The van der Waals surface area contributed by atoms with Gasteiger partial charge in [0.05, 0.1) is 27.1 Å². The Balaban J connectivity index is 1.53. The van der Waals surface area contributed by atoms with Crippen molar-refractivity contribution < 1.29 is 32.3 Å². The topological polar surface area (TPSA) is 91.0 Å². The van der Waals surface area contributed by atoms with Crippen molar-refractivity contribution in [3.8, 4) is 0 Å². The number of morpholine rings is 1. The molecule has 3 amide bonds. The molecule has 2 aromatic rings. The molecule has 1 aliphatic carbocycles. The quantitative estimate of drug-likeness (QED) is 0.511. The number of anilines is 2. The molecule has 13 heteroatoms. The molecule has 1 saturated carbocycles. The Morgan fingerprint density at radius 1 is 1.27 bits per heavy atom. The molecule has 1 aromatic heterocycles. The number of halogens is 4. The fourth-order valence-corrected chi connectivity index (χ4v) is 5.22. The van der Waals surface area contributed by atoms with Gasteiger partial charge in [-0.1, -0.05) is 18.0 Å². The lowest BCUT2D eigenvalue weighted by Crippen LogP contribution is -2.54. The largest absolute Gasteiger partial charge is 0.418 e. The number of thiophene rings is 1. The summed E-state index contributed by atoms with van der Waals surface area (Å²) >= 11 is 7.00. The highest BCUT2D eigenvalue weighted by atomic mass is 35.5. The van der Waals surface area contributed by atoms with Crippen molar-refractivity contribution in [2.45, 2.75) is 37.5 Å². The highest BCUT2D eigenvalue weighted by Crippen LogP contribution is 2.39. The third-order valence-electron chi connectivity index (χ3n) is 6.54. The van der Waals surface area contributed by atoms with Gasteiger partial charge in [-0.2, -0.15) is 13.2 Å². The molecule has 1 aliphatic heterocycles. The summed E-state index contributed by atoms with van der Waals surface area (Å²) < 4.78 is 47.2. The molecular formula is C24H26ClF3N4O4S. The van der Waals surface area contributed by atoms with E-state index in [1.807, 2.05) is 4.90 Å². The predicted molar refractivity (Wildman–Crippen MR) is 134 cm³/mol. The highest BCUT2D eigenvalue weighted by molar-refractivity contribution is 7.18. The average molecular weight is 559 g/mol. The molecule has 4 rings (SSSR count). The van der Waals surface area contributed by atoms with Crippen LogP contribution in [-0.2, 0) is 20.5 Å². The number of alkyl halides is 3. The number of hydrogen-bond donors (Lipinski definition) is 2. The van der Waals surface area contributed by atoms with E-state index >= 15 is 0 Å². The van der Waals surface area contributed by atoms with Gasteiger partial charge in [-0.05, 0) is 50.2 Å². The minimum Gasteiger partial charge on any atom is -0.370 e. The Morgan fingerprint density at radius 3 is 2.62 bits per heavy atom. The third kappa shape index (κ3) is 6.43. The molecule has 2 aliphatic rings. The van der Waals surface area contributed by atoms with Crippen LogP contribution in [0.15, 0.2) is 30.3 Å². The number of rotatable bonds is 8. The average Bonchev–Trinajstić information content (AvgIpc) is 3.24. The van der Waals surface area contributed by atoms with E-state index in [1.165, 1.54) is 12.1 Å². The summed E-state index contributed by atoms with van der Waals surface area (Å²) in [6.07, 6.45) is -1.97. The number of likely N-dealkylation sites (N-methyl/N-ethyl adjacent to an activating group) is 1. The van der Waals surface area contributed by atoms with Crippen LogP contribution in [0.25, 0.3) is 0 Å². The van der Waals surface area contributed by atoms with Gasteiger partial charge < -0.3 is 20.3 Å². The number of hydrogen-bond acceptors (Lipinski definition) is 6. The normalized spacial score (nSPS) is 17.5. The molecule has 0 bridgehead atoms. The van der Waals surface area contributed by atoms with E-state index in [0.29, 0.717) is 9.21 Å². The molecule has 1 saturated heterocycles. The van der Waals surface area contributed by atoms with Crippen molar-refractivity contribution in [3.05, 3.63) is 45.1 Å². The van der Waals surface area contributed by atoms with Gasteiger partial charge in [0.15, 0.2) is 0 Å². The zero-order valence-electron chi connectivity index (χ0n) is 19.9. The van der Waals surface area contributed by atoms with Crippen molar-refractivity contribution in [1.82, 2.24) is 10.2 Å². The van der Waals surface area contributed by atoms with Gasteiger partial charge in [-0.25, -0.2) is 0 Å². The Labute approximate surface area is 220 Å². The highest BCUT2D eigenvalue weighted by Gasteiger charge is 2.38. The summed E-state index contributed by atoms with van der Waals surface area (Å²) in [4.78, 5) is 41.2. The zero-order chi connectivity index (χ0) is 26.7. The number of nitrogens with zero attached hydrogens (tertiary/aromatic N) is 2. The Morgan fingerprint density at radius 2 is 2.03 bits per heavy atom. The molecule has 37 heavy (non-hydrogen) atoms. The fraction of sp³-hybridized carbons (Fsp3) is 0.458. The number of carbonyl (C=O) groups is 3. The van der Waals surface area contributed by atoms with Gasteiger partial charge in [-0.3, -0.25) is 19.3 Å². The van der Waals surface area contributed by atoms with Gasteiger partial charge >= 0.3 is 6.18 Å². The summed E-state index contributed by atoms with van der Waals surface area (Å²) in [5.74, 6) is -1.52. The molecular weight excluding hydrogens is 533 g/mol. The number of carbonyl (C=O) groups excluding carboxylic acids is 3. The predicted octanol–water partition coefficient (Wildman–Crippen LogP) is 4.00. The maximum absolute atomic E-state index is 13.9. The lowest BCUT2D eigenvalue weighted by molar-refractivity contribution is -0.137. The number of amides is 3. The summed E-state index contributed by atoms with van der Waals surface area (Å²) in [5.41, 5.74) is -1.39. The van der Waals surface area contributed by atoms with Crippen LogP contribution < -0.4 is 15.5 Å². The molecule has 1 aromatic carbocycles. The van der Waals surface area contributed by atoms with E-state index < -0.39 is 35.5 Å². The van der Waals surface area contributed by atoms with E-state index in [1.54, 1.807) is 19.2 Å². The maximum atomic E-state index is 13.9. The minimum absolute atomic E-state index is 0.00295. The van der Waals surface area contributed by atoms with Crippen molar-refractivity contribution in [2.75, 3.05) is 43.6 Å². The standard InChI is InChI=1S/C24H26ClF3N4O4S/c1-31(15-3-2-4-15)18(12-29-23(35)19-7-8-20(25)37-19)22(34)30-14-5-6-17(16(11-14)24(26,27)28)32-9-10-36-13-21(32)33/h5-8,11,15,18H,2-4,9-10,12-13H2,1H3,(H,29,35)(H,30,34)/t18-/m0/s1. The molecule has 200 valence electrons. The second-order valence-corrected chi connectivity index (χ2v) is 10.6. The van der Waals surface area contributed by atoms with Crippen LogP contribution in [0, 0.1) is 0 Å². The van der Waals surface area contributed by atoms with Crippen molar-refractivity contribution in [2.24, 2.45) is 0 Å². The molecule has 8 nitrogen and oxygen atoms in total. The first-order valence-corrected chi connectivity index (χ1v) is 12.9. The molecule has 2 N–H and O–H groups in total. The van der Waals surface area contributed by atoms with Crippen LogP contribution in [0.2, 0.25) is 4.34 Å². The Bertz CT molecular complexity index is 1170. The van der Waals surface area contributed by atoms with E-state index in [2.05, 4.69) is 10.6 Å². The fourth-order valence-electron chi connectivity index (χ4n) is 4.26. The van der Waals surface area contributed by atoms with Crippen LogP contribution in [0.3, 0.4) is 0 Å². The number of ether oxygens (including phenoxy) is 1. The lowest BCUT2D eigenvalue weighted by Gasteiger charge is -2.39. The maximum Gasteiger partial charge on any atom is 0.418 e. The van der Waals surface area contributed by atoms with Crippen LogP contribution in [0.1, 0.15) is 34.5 Å². The zero-order valence-corrected chi connectivity index (χ0v) is 21.5. The van der Waals surface area contributed by atoms with Gasteiger partial charge in [-0.15, -0.1) is 11.3 Å². The lowest BCUT2D eigenvalue weighted by atomic mass is 9.90. The molecule has 0 spiro atoms. The van der Waals surface area contributed by atoms with E-state index in [4.69, 9.17) is 16.3 Å². The van der Waals surface area contributed by atoms with Gasteiger partial charge in [0.2, 0.25) is 5.91 Å². The SMILES string of the molecule is CN(C1CCC1)[C@@H](CNC(=O)c1ccc(Cl)s1)C(=O)Nc1ccc(N2CCOCC2=O)c(C(F)(F)F)c1. The van der Waals surface area contributed by atoms with Crippen molar-refractivity contribution >= 4 is 52.0 Å². The summed E-state index contributed by atoms with van der Waals surface area (Å²) in [6.45, 7) is -0.217. The van der Waals surface area contributed by atoms with Crippen molar-refractivity contribution in [1.29, 1.82) is 0 Å². The third-order valence-corrected chi connectivity index (χ3v) is 7.77. The minimum atomic E-state index is -4.76. The van der Waals surface area contributed by atoms with Gasteiger partial charge in [0, 0.05) is 24.8 Å². The monoisotopic (exact) mass is 558 g/mol. The first-order valence-electron chi connectivity index (χ1n) is 11.7. The van der Waals surface area contributed by atoms with E-state index in [-0.39, 0.29) is 43.7 Å². The number of benzene rings is 1. The molecule has 0 unspecified atom stereocenters. The molecule has 0 radical (unpaired) electrons. The smallest absolute Gasteiger partial charge is 0.370 e. The second kappa shape index (κ2) is 11.4. The van der Waals surface area contributed by atoms with Crippen LogP contribution in [0.4, 0.5) is 24.5 Å². The van der Waals surface area contributed by atoms with E-state index in [9.17, 15) is 27.6 Å². The van der Waals surface area contributed by atoms with Crippen molar-refractivity contribution in [3.63, 3.8) is 0 Å². The Kier molecular flexibility index (Phi) is 8.42. The molecule has 2 fully saturated rings. The first kappa shape index (κ1) is 27.4.